The molecule has 0 amide bonds. The molecule has 0 saturated carbocycles. The molecule has 0 aliphatic heterocycles. The lowest BCUT2D eigenvalue weighted by molar-refractivity contribution is 0.925. The smallest absolute Gasteiger partial charge is 0.139 e. The van der Waals surface area contributed by atoms with Crippen LogP contribution in [0, 0.1) is 0 Å². The van der Waals surface area contributed by atoms with E-state index >= 15 is 0 Å². The van der Waals surface area contributed by atoms with Gasteiger partial charge in [0.25, 0.3) is 0 Å². The van der Waals surface area contributed by atoms with E-state index in [0.717, 1.165) is 23.6 Å². The first kappa shape index (κ1) is 9.77. The Morgan fingerprint density at radius 1 is 1.40 bits per heavy atom. The number of hydrogen-bond donors (Lipinski definition) is 1. The molecule has 0 spiro atoms. The van der Waals surface area contributed by atoms with Crippen molar-refractivity contribution in [1.29, 1.82) is 0 Å². The van der Waals surface area contributed by atoms with Crippen LogP contribution >= 0.6 is 0 Å². The highest BCUT2D eigenvalue weighted by atomic mass is 15.0. The molecule has 2 rings (SSSR count). The maximum Gasteiger partial charge on any atom is 0.139 e. The number of benzene rings is 1. The van der Waals surface area contributed by atoms with Crippen LogP contribution in [0.2, 0.25) is 0 Å². The van der Waals surface area contributed by atoms with Gasteiger partial charge >= 0.3 is 0 Å². The third-order valence-electron chi connectivity index (χ3n) is 2.32. The van der Waals surface area contributed by atoms with Crippen molar-refractivity contribution in [3.63, 3.8) is 0 Å². The highest BCUT2D eigenvalue weighted by Crippen LogP contribution is 2.20. The van der Waals surface area contributed by atoms with E-state index in [0.29, 0.717) is 0 Å². The first-order valence-corrected chi connectivity index (χ1v) is 5.13. The summed E-state index contributed by atoms with van der Waals surface area (Å²) in [6, 6.07) is 8.30. The molecular formula is C12H15N3. The fourth-order valence-electron chi connectivity index (χ4n) is 1.62. The minimum atomic E-state index is 0.935. The van der Waals surface area contributed by atoms with Gasteiger partial charge in [-0.2, -0.15) is 0 Å². The van der Waals surface area contributed by atoms with Crippen LogP contribution in [0.3, 0.4) is 0 Å². The zero-order valence-electron chi connectivity index (χ0n) is 9.07. The molecule has 0 aliphatic carbocycles. The standard InChI is InChI=1S/C12H15N3/c1-3-13-11-6-4-5-10(9-11)12-14-7-8-15(12)2/h4-9,13H,3H2,1-2H3. The Hall–Kier alpha value is -1.77. The maximum absolute atomic E-state index is 4.32. The molecule has 15 heavy (non-hydrogen) atoms. The Balaban J connectivity index is 2.37. The van der Waals surface area contributed by atoms with Gasteiger partial charge in [0.2, 0.25) is 0 Å². The lowest BCUT2D eigenvalue weighted by Crippen LogP contribution is -1.97. The summed E-state index contributed by atoms with van der Waals surface area (Å²) in [6.45, 7) is 3.03. The van der Waals surface area contributed by atoms with Gasteiger partial charge in [-0.15, -0.1) is 0 Å². The molecule has 0 unspecified atom stereocenters. The Kier molecular flexibility index (Phi) is 2.72. The van der Waals surface area contributed by atoms with E-state index in [1.807, 2.05) is 30.1 Å². The number of aryl methyl sites for hydroxylation is 1. The molecule has 0 atom stereocenters. The number of aromatic nitrogens is 2. The quantitative estimate of drug-likeness (QED) is 0.827. The zero-order chi connectivity index (χ0) is 10.7. The van der Waals surface area contributed by atoms with E-state index in [1.165, 1.54) is 0 Å². The second-order valence-electron chi connectivity index (χ2n) is 3.47. The molecule has 0 fully saturated rings. The van der Waals surface area contributed by atoms with Crippen LogP contribution in [0.15, 0.2) is 36.7 Å². The first-order chi connectivity index (χ1) is 7.31. The molecule has 3 nitrogen and oxygen atoms in total. The van der Waals surface area contributed by atoms with Crippen LogP contribution in [0.1, 0.15) is 6.92 Å². The summed E-state index contributed by atoms with van der Waals surface area (Å²) in [5, 5.41) is 3.29. The van der Waals surface area contributed by atoms with E-state index < -0.39 is 0 Å². The fraction of sp³-hybridized carbons (Fsp3) is 0.250. The summed E-state index contributed by atoms with van der Waals surface area (Å²) in [6.07, 6.45) is 3.77. The summed E-state index contributed by atoms with van der Waals surface area (Å²) in [4.78, 5) is 4.32. The summed E-state index contributed by atoms with van der Waals surface area (Å²) in [5.41, 5.74) is 2.28. The van der Waals surface area contributed by atoms with Gasteiger partial charge in [0, 0.05) is 37.2 Å². The Labute approximate surface area is 89.8 Å². The van der Waals surface area contributed by atoms with Crippen LogP contribution in [-0.4, -0.2) is 16.1 Å². The van der Waals surface area contributed by atoms with Crippen molar-refractivity contribution in [2.75, 3.05) is 11.9 Å². The van der Waals surface area contributed by atoms with Crippen LogP contribution in [0.25, 0.3) is 11.4 Å². The Morgan fingerprint density at radius 3 is 2.93 bits per heavy atom. The second-order valence-corrected chi connectivity index (χ2v) is 3.47. The lowest BCUT2D eigenvalue weighted by atomic mass is 10.2. The number of hydrogen-bond acceptors (Lipinski definition) is 2. The molecule has 3 heteroatoms. The molecule has 78 valence electrons. The van der Waals surface area contributed by atoms with Crippen molar-refractivity contribution in [3.05, 3.63) is 36.7 Å². The number of nitrogens with zero attached hydrogens (tertiary/aromatic N) is 2. The van der Waals surface area contributed by atoms with Crippen LogP contribution in [-0.2, 0) is 7.05 Å². The van der Waals surface area contributed by atoms with Crippen molar-refractivity contribution in [2.24, 2.45) is 7.05 Å². The summed E-state index contributed by atoms with van der Waals surface area (Å²) < 4.78 is 2.02. The van der Waals surface area contributed by atoms with E-state index in [2.05, 4.69) is 35.4 Å². The number of anilines is 1. The average molecular weight is 201 g/mol. The van der Waals surface area contributed by atoms with Crippen LogP contribution in [0.5, 0.6) is 0 Å². The fourth-order valence-corrected chi connectivity index (χ4v) is 1.62. The van der Waals surface area contributed by atoms with Gasteiger partial charge in [-0.1, -0.05) is 12.1 Å². The first-order valence-electron chi connectivity index (χ1n) is 5.13. The third kappa shape index (κ3) is 2.01. The van der Waals surface area contributed by atoms with Gasteiger partial charge in [0.05, 0.1) is 0 Å². The van der Waals surface area contributed by atoms with Crippen LogP contribution in [0.4, 0.5) is 5.69 Å². The van der Waals surface area contributed by atoms with Gasteiger partial charge in [-0.05, 0) is 19.1 Å². The summed E-state index contributed by atoms with van der Waals surface area (Å²) in [7, 11) is 2.00. The highest BCUT2D eigenvalue weighted by Gasteiger charge is 2.02. The van der Waals surface area contributed by atoms with Gasteiger partial charge in [0.1, 0.15) is 5.82 Å². The minimum absolute atomic E-state index is 0.935. The third-order valence-corrected chi connectivity index (χ3v) is 2.32. The summed E-state index contributed by atoms with van der Waals surface area (Å²) >= 11 is 0. The largest absolute Gasteiger partial charge is 0.385 e. The van der Waals surface area contributed by atoms with Crippen molar-refractivity contribution in [1.82, 2.24) is 9.55 Å². The lowest BCUT2D eigenvalue weighted by Gasteiger charge is -2.06. The molecule has 0 bridgehead atoms. The molecule has 0 radical (unpaired) electrons. The van der Waals surface area contributed by atoms with Crippen molar-refractivity contribution < 1.29 is 0 Å². The Bertz CT molecular complexity index is 446. The van der Waals surface area contributed by atoms with E-state index in [-0.39, 0.29) is 0 Å². The molecule has 0 aliphatic rings. The highest BCUT2D eigenvalue weighted by molar-refractivity contribution is 5.62. The topological polar surface area (TPSA) is 29.9 Å². The Morgan fingerprint density at radius 2 is 2.27 bits per heavy atom. The van der Waals surface area contributed by atoms with E-state index in [9.17, 15) is 0 Å². The van der Waals surface area contributed by atoms with Crippen molar-refractivity contribution in [3.8, 4) is 11.4 Å². The predicted molar refractivity (Wildman–Crippen MR) is 62.8 cm³/mol. The van der Waals surface area contributed by atoms with Gasteiger partial charge in [-0.25, -0.2) is 4.98 Å². The molecule has 0 saturated heterocycles. The minimum Gasteiger partial charge on any atom is -0.385 e. The molecule has 1 N–H and O–H groups in total. The van der Waals surface area contributed by atoms with E-state index in [1.54, 1.807) is 0 Å². The van der Waals surface area contributed by atoms with Crippen molar-refractivity contribution >= 4 is 5.69 Å². The SMILES string of the molecule is CCNc1cccc(-c2nccn2C)c1. The molecule has 1 aromatic heterocycles. The summed E-state index contributed by atoms with van der Waals surface area (Å²) in [5.74, 6) is 0.995. The molecule has 2 aromatic rings. The normalized spacial score (nSPS) is 10.3. The monoisotopic (exact) mass is 201 g/mol. The number of nitrogens with one attached hydrogen (secondary N) is 1. The van der Waals surface area contributed by atoms with E-state index in [4.69, 9.17) is 0 Å². The molecule has 1 heterocycles. The van der Waals surface area contributed by atoms with Gasteiger partial charge in [0.15, 0.2) is 0 Å². The van der Waals surface area contributed by atoms with Gasteiger partial charge < -0.3 is 9.88 Å². The molecular weight excluding hydrogens is 186 g/mol. The maximum atomic E-state index is 4.32. The average Bonchev–Trinajstić information content (AvgIpc) is 2.65. The van der Waals surface area contributed by atoms with Crippen LogP contribution < -0.4 is 5.32 Å². The second kappa shape index (κ2) is 4.17. The number of rotatable bonds is 3. The zero-order valence-corrected chi connectivity index (χ0v) is 9.07. The van der Waals surface area contributed by atoms with Crippen molar-refractivity contribution in [2.45, 2.75) is 6.92 Å². The number of imidazole rings is 1. The van der Waals surface area contributed by atoms with Gasteiger partial charge in [-0.3, -0.25) is 0 Å². The molecule has 1 aromatic carbocycles. The predicted octanol–water partition coefficient (Wildman–Crippen LogP) is 2.52.